The van der Waals surface area contributed by atoms with E-state index in [0.717, 1.165) is 16.8 Å². The summed E-state index contributed by atoms with van der Waals surface area (Å²) in [5.74, 6) is 4.23. The SMILES string of the molecule is CCCC1C=C(C(C)C)C([N+]2=C[N+](C)(C3C(C(C)C)=CCCC(CC)C3(CC)C(C)C)C=C2)C(C(C)C)C(CC)=CCC1. The molecule has 2 heteroatoms. The van der Waals surface area contributed by atoms with Gasteiger partial charge in [0.2, 0.25) is 6.20 Å². The molecule has 7 unspecified atom stereocenters. The van der Waals surface area contributed by atoms with E-state index in [1.165, 1.54) is 51.4 Å². The zero-order valence-corrected chi connectivity index (χ0v) is 30.9. The summed E-state index contributed by atoms with van der Waals surface area (Å²) in [6.45, 7) is 29.6. The molecule has 0 aromatic rings. The second-order valence-electron chi connectivity index (χ2n) is 15.9. The van der Waals surface area contributed by atoms with E-state index in [1.54, 1.807) is 16.7 Å². The van der Waals surface area contributed by atoms with Gasteiger partial charge in [0.25, 0.3) is 0 Å². The molecule has 0 saturated carbocycles. The van der Waals surface area contributed by atoms with Gasteiger partial charge in [0.1, 0.15) is 6.04 Å². The van der Waals surface area contributed by atoms with E-state index in [2.05, 4.69) is 132 Å². The standard InChI is InChI=1S/C41H72N2/c1-14-20-33-21-18-22-34(15-2)38(31(9)10)39(37(27-33)30(7)8)42-25-26-43(13,28-42)40-36(29(5)6)24-19-23-35(16-3)41(40,17-4)32(11)12/h22,24-33,35,38-40H,14-21,23H2,1-13H3/q+2. The van der Waals surface area contributed by atoms with Gasteiger partial charge in [0.15, 0.2) is 12.2 Å². The van der Waals surface area contributed by atoms with E-state index in [4.69, 9.17) is 0 Å². The van der Waals surface area contributed by atoms with E-state index >= 15 is 0 Å². The van der Waals surface area contributed by atoms with Crippen LogP contribution in [0.15, 0.2) is 47.3 Å². The molecule has 7 atom stereocenters. The van der Waals surface area contributed by atoms with Crippen LogP contribution in [0.1, 0.15) is 141 Å². The van der Waals surface area contributed by atoms with Crippen LogP contribution in [0.4, 0.5) is 0 Å². The van der Waals surface area contributed by atoms with Gasteiger partial charge < -0.3 is 0 Å². The zero-order chi connectivity index (χ0) is 32.1. The minimum atomic E-state index is 0.264. The smallest absolute Gasteiger partial charge is 0.207 e. The van der Waals surface area contributed by atoms with Crippen LogP contribution < -0.4 is 0 Å². The van der Waals surface area contributed by atoms with E-state index in [1.807, 2.05) is 0 Å². The van der Waals surface area contributed by atoms with Crippen molar-refractivity contribution in [1.82, 2.24) is 0 Å². The highest BCUT2D eigenvalue weighted by Crippen LogP contribution is 2.54. The first kappa shape index (κ1) is 36.1. The van der Waals surface area contributed by atoms with Gasteiger partial charge >= 0.3 is 6.34 Å². The maximum atomic E-state index is 2.76. The minimum Gasteiger partial charge on any atom is -0.207 e. The third-order valence-electron chi connectivity index (χ3n) is 12.1. The Morgan fingerprint density at radius 2 is 1.53 bits per heavy atom. The quantitative estimate of drug-likeness (QED) is 0.127. The molecular formula is C41H72N2+2. The number of allylic oxidation sites excluding steroid dienone is 3. The van der Waals surface area contributed by atoms with Crippen LogP contribution in [0.5, 0.6) is 0 Å². The first-order valence-corrected chi connectivity index (χ1v) is 18.6. The van der Waals surface area contributed by atoms with Crippen LogP contribution in [-0.2, 0) is 0 Å². The van der Waals surface area contributed by atoms with Gasteiger partial charge in [0, 0.05) is 11.3 Å². The summed E-state index contributed by atoms with van der Waals surface area (Å²) in [5.41, 5.74) is 5.31. The number of hydrogen-bond donors (Lipinski definition) is 0. The summed E-state index contributed by atoms with van der Waals surface area (Å²) in [6.07, 6.45) is 27.2. The normalized spacial score (nSPS) is 34.1. The largest absolute Gasteiger partial charge is 0.337 e. The third kappa shape index (κ3) is 7.21. The molecule has 0 bridgehead atoms. The fourth-order valence-corrected chi connectivity index (χ4v) is 10.1. The van der Waals surface area contributed by atoms with Gasteiger partial charge in [-0.3, -0.25) is 0 Å². The molecular weight excluding hydrogens is 520 g/mol. The van der Waals surface area contributed by atoms with Crippen molar-refractivity contribution in [3.8, 4) is 0 Å². The monoisotopic (exact) mass is 593 g/mol. The summed E-state index contributed by atoms with van der Waals surface area (Å²) >= 11 is 0. The Kier molecular flexibility index (Phi) is 12.8. The first-order valence-electron chi connectivity index (χ1n) is 18.6. The van der Waals surface area contributed by atoms with Crippen molar-refractivity contribution < 1.29 is 9.06 Å². The van der Waals surface area contributed by atoms with Crippen molar-refractivity contribution in [3.05, 3.63) is 47.3 Å². The molecule has 3 rings (SSSR count). The molecule has 43 heavy (non-hydrogen) atoms. The van der Waals surface area contributed by atoms with Crippen LogP contribution in [0.2, 0.25) is 0 Å². The maximum Gasteiger partial charge on any atom is 0.337 e. The summed E-state index contributed by atoms with van der Waals surface area (Å²) in [6, 6.07) is 0.828. The van der Waals surface area contributed by atoms with Crippen LogP contribution >= 0.6 is 0 Å². The van der Waals surface area contributed by atoms with E-state index < -0.39 is 0 Å². The Balaban J connectivity index is 2.33. The van der Waals surface area contributed by atoms with Crippen LogP contribution in [0.25, 0.3) is 0 Å². The van der Waals surface area contributed by atoms with Gasteiger partial charge in [-0.25, -0.2) is 4.48 Å². The highest BCUT2D eigenvalue weighted by atomic mass is 15.4. The predicted octanol–water partition coefficient (Wildman–Crippen LogP) is 11.6. The van der Waals surface area contributed by atoms with Gasteiger partial charge in [-0.15, -0.1) is 4.58 Å². The second kappa shape index (κ2) is 15.2. The molecule has 1 aliphatic heterocycles. The van der Waals surface area contributed by atoms with Gasteiger partial charge in [-0.1, -0.05) is 120 Å². The Bertz CT molecular complexity index is 1070. The minimum absolute atomic E-state index is 0.264. The molecule has 0 radical (unpaired) electrons. The van der Waals surface area contributed by atoms with Crippen molar-refractivity contribution in [2.24, 2.45) is 46.8 Å². The zero-order valence-electron chi connectivity index (χ0n) is 30.9. The van der Waals surface area contributed by atoms with Gasteiger partial charge in [0.05, 0.1) is 7.05 Å². The van der Waals surface area contributed by atoms with Crippen molar-refractivity contribution in [1.29, 1.82) is 0 Å². The molecule has 2 aliphatic carbocycles. The Morgan fingerprint density at radius 1 is 0.884 bits per heavy atom. The molecule has 0 aromatic carbocycles. The lowest BCUT2D eigenvalue weighted by Gasteiger charge is -2.52. The lowest BCUT2D eigenvalue weighted by atomic mass is 9.57. The molecule has 0 saturated heterocycles. The number of quaternary nitrogens is 1. The fourth-order valence-electron chi connectivity index (χ4n) is 10.1. The summed E-state index contributed by atoms with van der Waals surface area (Å²) in [4.78, 5) is 0. The van der Waals surface area contributed by atoms with E-state index in [0.29, 0.717) is 47.6 Å². The first-order chi connectivity index (χ1) is 20.3. The third-order valence-corrected chi connectivity index (χ3v) is 12.1. The molecule has 244 valence electrons. The molecule has 0 fully saturated rings. The Morgan fingerprint density at radius 3 is 2.05 bits per heavy atom. The second-order valence-corrected chi connectivity index (χ2v) is 15.9. The summed E-state index contributed by atoms with van der Waals surface area (Å²) < 4.78 is 3.61. The van der Waals surface area contributed by atoms with Crippen molar-refractivity contribution in [3.63, 3.8) is 0 Å². The van der Waals surface area contributed by atoms with Crippen LogP contribution in [0, 0.1) is 46.8 Å². The average Bonchev–Trinajstić information content (AvgIpc) is 3.27. The number of hydrogen-bond acceptors (Lipinski definition) is 0. The lowest BCUT2D eigenvalue weighted by molar-refractivity contribution is -0.804. The number of likely N-dealkylation sites (N-methyl/N-ethyl adjacent to an activating group) is 1. The number of nitrogens with zero attached hydrogens (tertiary/aromatic N) is 2. The van der Waals surface area contributed by atoms with Gasteiger partial charge in [-0.05, 0) is 91.6 Å². The maximum absolute atomic E-state index is 2.76. The Hall–Kier alpha value is -1.41. The van der Waals surface area contributed by atoms with Crippen molar-refractivity contribution >= 4 is 6.34 Å². The van der Waals surface area contributed by atoms with Crippen LogP contribution in [0.3, 0.4) is 0 Å². The molecule has 1 heterocycles. The summed E-state index contributed by atoms with van der Waals surface area (Å²) in [7, 11) is 2.54. The molecule has 0 spiro atoms. The highest BCUT2D eigenvalue weighted by Gasteiger charge is 2.58. The summed E-state index contributed by atoms with van der Waals surface area (Å²) in [5, 5.41) is 0. The molecule has 3 aliphatic rings. The fraction of sp³-hybridized carbons (Fsp3) is 0.780. The average molecular weight is 593 g/mol. The van der Waals surface area contributed by atoms with E-state index in [-0.39, 0.29) is 5.41 Å². The van der Waals surface area contributed by atoms with Crippen molar-refractivity contribution in [2.75, 3.05) is 7.05 Å². The highest BCUT2D eigenvalue weighted by molar-refractivity contribution is 5.46. The molecule has 0 aromatic heterocycles. The predicted molar refractivity (Wildman–Crippen MR) is 190 cm³/mol. The molecule has 2 nitrogen and oxygen atoms in total. The topological polar surface area (TPSA) is 3.01 Å². The van der Waals surface area contributed by atoms with Crippen LogP contribution in [-0.4, -0.2) is 34.5 Å². The van der Waals surface area contributed by atoms with Gasteiger partial charge in [-0.2, -0.15) is 0 Å². The lowest BCUT2D eigenvalue weighted by Crippen LogP contribution is -2.61. The number of rotatable bonds is 11. The molecule has 0 N–H and O–H groups in total. The van der Waals surface area contributed by atoms with Crippen molar-refractivity contribution in [2.45, 2.75) is 153 Å². The molecule has 0 amide bonds. The van der Waals surface area contributed by atoms with E-state index in [9.17, 15) is 0 Å². The Labute approximate surface area is 269 Å².